The summed E-state index contributed by atoms with van der Waals surface area (Å²) in [4.78, 5) is 12.0. The van der Waals surface area contributed by atoms with Gasteiger partial charge in [-0.15, -0.1) is 0 Å². The molecule has 0 aliphatic heterocycles. The first kappa shape index (κ1) is 21.2. The van der Waals surface area contributed by atoms with E-state index in [2.05, 4.69) is 10.1 Å². The van der Waals surface area contributed by atoms with Crippen molar-refractivity contribution in [3.8, 4) is 17.2 Å². The van der Waals surface area contributed by atoms with Crippen molar-refractivity contribution in [2.45, 2.75) is 20.5 Å². The SMILES string of the molecule is COc1cccc(/C=C/C(=O)NCCOc2c(C)cccc2C)c1OC(F)F. The number of ether oxygens (including phenoxy) is 3. The average Bonchev–Trinajstić information content (AvgIpc) is 2.65. The standard InChI is InChI=1S/C21H23F2NO4/c1-14-6-4-7-15(2)19(14)27-13-12-24-18(25)11-10-16-8-5-9-17(26-3)20(16)28-21(22)23/h4-11,21H,12-13H2,1-3H3,(H,24,25)/b11-10+. The smallest absolute Gasteiger partial charge is 0.387 e. The lowest BCUT2D eigenvalue weighted by molar-refractivity contribution is -0.116. The van der Waals surface area contributed by atoms with Crippen LogP contribution in [0.2, 0.25) is 0 Å². The van der Waals surface area contributed by atoms with E-state index in [0.717, 1.165) is 16.9 Å². The van der Waals surface area contributed by atoms with Crippen molar-refractivity contribution in [1.82, 2.24) is 5.32 Å². The maximum Gasteiger partial charge on any atom is 0.387 e. The van der Waals surface area contributed by atoms with Crippen LogP contribution in [0.1, 0.15) is 16.7 Å². The number of halogens is 2. The van der Waals surface area contributed by atoms with Gasteiger partial charge in [0.05, 0.1) is 13.7 Å². The zero-order valence-corrected chi connectivity index (χ0v) is 16.0. The quantitative estimate of drug-likeness (QED) is 0.516. The Hall–Kier alpha value is -3.09. The fraction of sp³-hybridized carbons (Fsp3) is 0.286. The van der Waals surface area contributed by atoms with Crippen LogP contribution >= 0.6 is 0 Å². The largest absolute Gasteiger partial charge is 0.493 e. The number of amides is 1. The molecule has 2 rings (SSSR count). The Morgan fingerprint density at radius 1 is 1.11 bits per heavy atom. The van der Waals surface area contributed by atoms with Gasteiger partial charge < -0.3 is 19.5 Å². The van der Waals surface area contributed by atoms with E-state index in [1.165, 1.54) is 25.3 Å². The molecule has 5 nitrogen and oxygen atoms in total. The number of alkyl halides is 2. The molecule has 0 aliphatic carbocycles. The van der Waals surface area contributed by atoms with Gasteiger partial charge in [-0.3, -0.25) is 4.79 Å². The van der Waals surface area contributed by atoms with Crippen LogP contribution in [0.3, 0.4) is 0 Å². The Labute approximate surface area is 162 Å². The second-order valence-electron chi connectivity index (χ2n) is 5.95. The Bertz CT molecular complexity index is 817. The summed E-state index contributed by atoms with van der Waals surface area (Å²) in [6.45, 7) is 1.52. The number of carbonyl (C=O) groups excluding carboxylic acids is 1. The third kappa shape index (κ3) is 5.97. The van der Waals surface area contributed by atoms with Gasteiger partial charge >= 0.3 is 6.61 Å². The van der Waals surface area contributed by atoms with E-state index in [1.54, 1.807) is 12.1 Å². The summed E-state index contributed by atoms with van der Waals surface area (Å²) in [6, 6.07) is 10.5. The number of hydrogen-bond donors (Lipinski definition) is 1. The van der Waals surface area contributed by atoms with Crippen LogP contribution in [0, 0.1) is 13.8 Å². The molecule has 28 heavy (non-hydrogen) atoms. The van der Waals surface area contributed by atoms with Crippen molar-refractivity contribution < 1.29 is 27.8 Å². The highest BCUT2D eigenvalue weighted by molar-refractivity contribution is 5.92. The molecule has 1 N–H and O–H groups in total. The third-order valence-electron chi connectivity index (χ3n) is 3.91. The van der Waals surface area contributed by atoms with E-state index >= 15 is 0 Å². The second-order valence-corrected chi connectivity index (χ2v) is 5.95. The van der Waals surface area contributed by atoms with Gasteiger partial charge in [0.1, 0.15) is 12.4 Å². The summed E-state index contributed by atoms with van der Waals surface area (Å²) in [7, 11) is 1.35. The van der Waals surface area contributed by atoms with Crippen LogP contribution in [0.5, 0.6) is 17.2 Å². The zero-order valence-electron chi connectivity index (χ0n) is 16.0. The molecular formula is C21H23F2NO4. The number of benzene rings is 2. The molecule has 150 valence electrons. The lowest BCUT2D eigenvalue weighted by Gasteiger charge is -2.12. The predicted molar refractivity (Wildman–Crippen MR) is 103 cm³/mol. The van der Waals surface area contributed by atoms with Gasteiger partial charge in [0.15, 0.2) is 11.5 Å². The highest BCUT2D eigenvalue weighted by Crippen LogP contribution is 2.33. The molecule has 0 atom stereocenters. The maximum absolute atomic E-state index is 12.6. The number of rotatable bonds is 9. The maximum atomic E-state index is 12.6. The van der Waals surface area contributed by atoms with Crippen molar-refractivity contribution >= 4 is 12.0 Å². The summed E-state index contributed by atoms with van der Waals surface area (Å²) in [5, 5.41) is 2.68. The van der Waals surface area contributed by atoms with Crippen molar-refractivity contribution in [2.75, 3.05) is 20.3 Å². The minimum atomic E-state index is -3.00. The second kappa shape index (κ2) is 10.3. The molecule has 0 radical (unpaired) electrons. The number of hydrogen-bond acceptors (Lipinski definition) is 4. The van der Waals surface area contributed by atoms with Crippen molar-refractivity contribution in [1.29, 1.82) is 0 Å². The fourth-order valence-corrected chi connectivity index (χ4v) is 2.62. The van der Waals surface area contributed by atoms with E-state index < -0.39 is 6.61 Å². The Balaban J connectivity index is 1.92. The molecule has 0 saturated heterocycles. The lowest BCUT2D eigenvalue weighted by Crippen LogP contribution is -2.26. The fourth-order valence-electron chi connectivity index (χ4n) is 2.62. The van der Waals surface area contributed by atoms with Crippen LogP contribution < -0.4 is 19.5 Å². The topological polar surface area (TPSA) is 56.8 Å². The van der Waals surface area contributed by atoms with Crippen molar-refractivity contribution in [2.24, 2.45) is 0 Å². The molecule has 2 aromatic rings. The number of methoxy groups -OCH3 is 1. The minimum Gasteiger partial charge on any atom is -0.493 e. The molecular weight excluding hydrogens is 368 g/mol. The van der Waals surface area contributed by atoms with Gasteiger partial charge in [-0.1, -0.05) is 30.3 Å². The monoisotopic (exact) mass is 391 g/mol. The number of para-hydroxylation sites is 2. The Morgan fingerprint density at radius 3 is 2.43 bits per heavy atom. The zero-order chi connectivity index (χ0) is 20.5. The van der Waals surface area contributed by atoms with Gasteiger partial charge in [-0.25, -0.2) is 0 Å². The number of carbonyl (C=O) groups is 1. The molecule has 0 aliphatic rings. The summed E-state index contributed by atoms with van der Waals surface area (Å²) >= 11 is 0. The highest BCUT2D eigenvalue weighted by Gasteiger charge is 2.14. The van der Waals surface area contributed by atoms with Crippen LogP contribution in [-0.2, 0) is 4.79 Å². The first-order chi connectivity index (χ1) is 13.4. The Morgan fingerprint density at radius 2 is 1.79 bits per heavy atom. The van der Waals surface area contributed by atoms with Crippen LogP contribution in [0.25, 0.3) is 6.08 Å². The number of aryl methyl sites for hydroxylation is 2. The van der Waals surface area contributed by atoms with Crippen LogP contribution in [0.4, 0.5) is 8.78 Å². The molecule has 0 saturated carbocycles. The molecule has 0 aromatic heterocycles. The van der Waals surface area contributed by atoms with Gasteiger partial charge in [0.25, 0.3) is 0 Å². The summed E-state index contributed by atoms with van der Waals surface area (Å²) in [6.07, 6.45) is 2.63. The van der Waals surface area contributed by atoms with Gasteiger partial charge in [-0.05, 0) is 37.1 Å². The minimum absolute atomic E-state index is 0.123. The molecule has 2 aromatic carbocycles. The van der Waals surface area contributed by atoms with E-state index in [4.69, 9.17) is 9.47 Å². The van der Waals surface area contributed by atoms with Gasteiger partial charge in [0.2, 0.25) is 5.91 Å². The molecule has 0 fully saturated rings. The predicted octanol–water partition coefficient (Wildman–Crippen LogP) is 4.12. The normalized spacial score (nSPS) is 10.9. The van der Waals surface area contributed by atoms with E-state index in [9.17, 15) is 13.6 Å². The van der Waals surface area contributed by atoms with Crippen molar-refractivity contribution in [3.63, 3.8) is 0 Å². The lowest BCUT2D eigenvalue weighted by atomic mass is 10.1. The molecule has 0 unspecified atom stereocenters. The van der Waals surface area contributed by atoms with E-state index in [-0.39, 0.29) is 17.4 Å². The average molecular weight is 391 g/mol. The van der Waals surface area contributed by atoms with Crippen LogP contribution in [0.15, 0.2) is 42.5 Å². The summed E-state index contributed by atoms with van der Waals surface area (Å²) < 4.78 is 40.5. The number of nitrogens with one attached hydrogen (secondary N) is 1. The summed E-state index contributed by atoms with van der Waals surface area (Å²) in [5.41, 5.74) is 2.35. The molecule has 0 bridgehead atoms. The molecule has 7 heteroatoms. The molecule has 1 amide bonds. The summed E-state index contributed by atoms with van der Waals surface area (Å²) in [5.74, 6) is 0.459. The van der Waals surface area contributed by atoms with Crippen LogP contribution in [-0.4, -0.2) is 32.8 Å². The molecule has 0 heterocycles. The van der Waals surface area contributed by atoms with E-state index in [0.29, 0.717) is 18.7 Å². The Kier molecular flexibility index (Phi) is 7.80. The first-order valence-electron chi connectivity index (χ1n) is 8.69. The first-order valence-corrected chi connectivity index (χ1v) is 8.69. The van der Waals surface area contributed by atoms with Gasteiger partial charge in [0, 0.05) is 11.6 Å². The highest BCUT2D eigenvalue weighted by atomic mass is 19.3. The van der Waals surface area contributed by atoms with Gasteiger partial charge in [-0.2, -0.15) is 8.78 Å². The van der Waals surface area contributed by atoms with Crippen molar-refractivity contribution in [3.05, 3.63) is 59.2 Å². The third-order valence-corrected chi connectivity index (χ3v) is 3.91. The van der Waals surface area contributed by atoms with E-state index in [1.807, 2.05) is 32.0 Å². The molecule has 0 spiro atoms.